The van der Waals surface area contributed by atoms with Gasteiger partial charge in [0.2, 0.25) is 5.91 Å². The lowest BCUT2D eigenvalue weighted by atomic mass is 9.93. The first-order valence-corrected chi connectivity index (χ1v) is 9.68. The molecule has 2 rings (SSSR count). The molecule has 1 N–H and O–H groups in total. The number of anilines is 2. The number of nitrogens with zero attached hydrogens (tertiary/aromatic N) is 4. The van der Waals surface area contributed by atoms with Crippen molar-refractivity contribution in [3.05, 3.63) is 12.4 Å². The van der Waals surface area contributed by atoms with Gasteiger partial charge in [-0.05, 0) is 38.5 Å². The van der Waals surface area contributed by atoms with Gasteiger partial charge in [0.05, 0.1) is 0 Å². The van der Waals surface area contributed by atoms with Crippen LogP contribution in [-0.2, 0) is 4.79 Å². The molecule has 1 amide bonds. The van der Waals surface area contributed by atoms with E-state index in [-0.39, 0.29) is 5.91 Å². The molecule has 1 fully saturated rings. The number of carbonyl (C=O) groups is 1. The summed E-state index contributed by atoms with van der Waals surface area (Å²) in [6, 6.07) is 2.02. The first-order valence-electron chi connectivity index (χ1n) is 9.68. The van der Waals surface area contributed by atoms with Crippen LogP contribution in [-0.4, -0.2) is 54.0 Å². The van der Waals surface area contributed by atoms with Crippen molar-refractivity contribution in [2.45, 2.75) is 52.4 Å². The van der Waals surface area contributed by atoms with Gasteiger partial charge in [-0.1, -0.05) is 13.3 Å². The van der Waals surface area contributed by atoms with Crippen LogP contribution in [0.3, 0.4) is 0 Å². The first-order chi connectivity index (χ1) is 12.1. The van der Waals surface area contributed by atoms with Gasteiger partial charge in [0.1, 0.15) is 18.0 Å². The predicted molar refractivity (Wildman–Crippen MR) is 103 cm³/mol. The van der Waals surface area contributed by atoms with E-state index < -0.39 is 0 Å². The fourth-order valence-electron chi connectivity index (χ4n) is 3.34. The van der Waals surface area contributed by atoms with Gasteiger partial charge >= 0.3 is 0 Å². The number of amides is 1. The largest absolute Gasteiger partial charge is 0.370 e. The van der Waals surface area contributed by atoms with Crippen molar-refractivity contribution < 1.29 is 4.79 Å². The van der Waals surface area contributed by atoms with E-state index in [0.29, 0.717) is 12.3 Å². The molecule has 1 aliphatic heterocycles. The van der Waals surface area contributed by atoms with Gasteiger partial charge in [-0.2, -0.15) is 0 Å². The highest BCUT2D eigenvalue weighted by Gasteiger charge is 2.22. The average Bonchev–Trinajstić information content (AvgIpc) is 2.65. The summed E-state index contributed by atoms with van der Waals surface area (Å²) in [6.45, 7) is 7.96. The molecule has 0 aliphatic carbocycles. The van der Waals surface area contributed by atoms with Gasteiger partial charge in [-0.25, -0.2) is 9.97 Å². The summed E-state index contributed by atoms with van der Waals surface area (Å²) < 4.78 is 0. The smallest absolute Gasteiger partial charge is 0.222 e. The predicted octanol–water partition coefficient (Wildman–Crippen LogP) is 3.16. The monoisotopic (exact) mass is 347 g/mol. The molecule has 6 nitrogen and oxygen atoms in total. The average molecular weight is 348 g/mol. The lowest BCUT2D eigenvalue weighted by molar-refractivity contribution is -0.130. The molecular weight excluding hydrogens is 314 g/mol. The van der Waals surface area contributed by atoms with Crippen molar-refractivity contribution in [2.75, 3.05) is 43.4 Å². The van der Waals surface area contributed by atoms with E-state index in [9.17, 15) is 4.79 Å². The zero-order valence-corrected chi connectivity index (χ0v) is 16.0. The molecule has 0 spiro atoms. The minimum Gasteiger partial charge on any atom is -0.370 e. The van der Waals surface area contributed by atoms with Gasteiger partial charge in [0.15, 0.2) is 0 Å². The molecular formula is C19H33N5O. The Kier molecular flexibility index (Phi) is 7.95. The Bertz CT molecular complexity index is 536. The van der Waals surface area contributed by atoms with Crippen molar-refractivity contribution in [3.63, 3.8) is 0 Å². The number of piperidine rings is 1. The van der Waals surface area contributed by atoms with Crippen molar-refractivity contribution in [3.8, 4) is 0 Å². The summed E-state index contributed by atoms with van der Waals surface area (Å²) in [5.74, 6) is 2.71. The van der Waals surface area contributed by atoms with Crippen LogP contribution in [0, 0.1) is 5.92 Å². The second kappa shape index (κ2) is 10.2. The summed E-state index contributed by atoms with van der Waals surface area (Å²) in [4.78, 5) is 25.1. The number of rotatable bonds is 9. The quantitative estimate of drug-likeness (QED) is 0.743. The molecule has 140 valence electrons. The molecule has 0 aromatic carbocycles. The summed E-state index contributed by atoms with van der Waals surface area (Å²) in [5, 5.41) is 3.24. The lowest BCUT2D eigenvalue weighted by Gasteiger charge is -2.33. The van der Waals surface area contributed by atoms with Gasteiger partial charge < -0.3 is 15.1 Å². The van der Waals surface area contributed by atoms with Crippen LogP contribution in [0.2, 0.25) is 0 Å². The summed E-state index contributed by atoms with van der Waals surface area (Å²) in [6.07, 6.45) is 7.83. The lowest BCUT2D eigenvalue weighted by Crippen LogP contribution is -2.37. The number of carbonyl (C=O) groups excluding carboxylic acids is 1. The first kappa shape index (κ1) is 19.5. The normalized spacial score (nSPS) is 17.4. The molecule has 1 unspecified atom stereocenters. The molecule has 2 heterocycles. The van der Waals surface area contributed by atoms with E-state index in [2.05, 4.69) is 34.0 Å². The summed E-state index contributed by atoms with van der Waals surface area (Å²) >= 11 is 0. The molecule has 1 atom stereocenters. The zero-order chi connectivity index (χ0) is 18.1. The third kappa shape index (κ3) is 6.18. The highest BCUT2D eigenvalue weighted by Crippen LogP contribution is 2.25. The Morgan fingerprint density at radius 3 is 3.00 bits per heavy atom. The Hall–Kier alpha value is -1.85. The SMILES string of the molecule is CCCCN(C)C(=O)CCC1CCCN(c2cc(NCC)ncn2)C1. The van der Waals surface area contributed by atoms with Crippen LogP contribution in [0.1, 0.15) is 52.4 Å². The topological polar surface area (TPSA) is 61.4 Å². The van der Waals surface area contributed by atoms with Crippen molar-refractivity contribution in [2.24, 2.45) is 5.92 Å². The molecule has 0 radical (unpaired) electrons. The number of unbranched alkanes of at least 4 members (excludes halogenated alkanes) is 1. The summed E-state index contributed by atoms with van der Waals surface area (Å²) in [7, 11) is 1.92. The maximum absolute atomic E-state index is 12.2. The van der Waals surface area contributed by atoms with Crippen LogP contribution in [0.15, 0.2) is 12.4 Å². The van der Waals surface area contributed by atoms with Crippen LogP contribution in [0.4, 0.5) is 11.6 Å². The molecule has 6 heteroatoms. The minimum absolute atomic E-state index is 0.280. The van der Waals surface area contributed by atoms with Crippen LogP contribution in [0.25, 0.3) is 0 Å². The number of aromatic nitrogens is 2. The third-order valence-corrected chi connectivity index (χ3v) is 4.89. The molecule has 1 saturated heterocycles. The van der Waals surface area contributed by atoms with E-state index in [4.69, 9.17) is 0 Å². The van der Waals surface area contributed by atoms with Gasteiger partial charge in [-0.3, -0.25) is 4.79 Å². The Labute approximate surface area is 152 Å². The molecule has 1 aliphatic rings. The Morgan fingerprint density at radius 1 is 1.40 bits per heavy atom. The van der Waals surface area contributed by atoms with E-state index in [0.717, 1.165) is 63.5 Å². The highest BCUT2D eigenvalue weighted by molar-refractivity contribution is 5.75. The zero-order valence-electron chi connectivity index (χ0n) is 16.0. The molecule has 25 heavy (non-hydrogen) atoms. The van der Waals surface area contributed by atoms with Gasteiger partial charge in [0, 0.05) is 45.7 Å². The van der Waals surface area contributed by atoms with Crippen LogP contribution in [0.5, 0.6) is 0 Å². The van der Waals surface area contributed by atoms with Crippen molar-refractivity contribution >= 4 is 17.5 Å². The van der Waals surface area contributed by atoms with Crippen LogP contribution >= 0.6 is 0 Å². The number of hydrogen-bond donors (Lipinski definition) is 1. The molecule has 0 saturated carbocycles. The van der Waals surface area contributed by atoms with Crippen LogP contribution < -0.4 is 10.2 Å². The standard InChI is InChI=1S/C19H33N5O/c1-4-6-11-23(3)19(25)10-9-16-8-7-12-24(14-16)18-13-17(20-5-2)21-15-22-18/h13,15-16H,4-12,14H2,1-3H3,(H,20,21,22). The molecule has 1 aromatic heterocycles. The fourth-order valence-corrected chi connectivity index (χ4v) is 3.34. The summed E-state index contributed by atoms with van der Waals surface area (Å²) in [5.41, 5.74) is 0. The van der Waals surface area contributed by atoms with E-state index >= 15 is 0 Å². The third-order valence-electron chi connectivity index (χ3n) is 4.89. The maximum atomic E-state index is 12.2. The highest BCUT2D eigenvalue weighted by atomic mass is 16.2. The second-order valence-electron chi connectivity index (χ2n) is 6.95. The maximum Gasteiger partial charge on any atom is 0.222 e. The van der Waals surface area contributed by atoms with Crippen molar-refractivity contribution in [1.29, 1.82) is 0 Å². The molecule has 0 bridgehead atoms. The van der Waals surface area contributed by atoms with E-state index in [1.165, 1.54) is 6.42 Å². The second-order valence-corrected chi connectivity index (χ2v) is 6.95. The Balaban J connectivity index is 1.84. The number of hydrogen-bond acceptors (Lipinski definition) is 5. The minimum atomic E-state index is 0.280. The molecule has 1 aromatic rings. The fraction of sp³-hybridized carbons (Fsp3) is 0.737. The van der Waals surface area contributed by atoms with Crippen molar-refractivity contribution in [1.82, 2.24) is 14.9 Å². The Morgan fingerprint density at radius 2 is 2.24 bits per heavy atom. The van der Waals surface area contributed by atoms with E-state index in [1.807, 2.05) is 18.0 Å². The van der Waals surface area contributed by atoms with Gasteiger partial charge in [-0.15, -0.1) is 0 Å². The van der Waals surface area contributed by atoms with E-state index in [1.54, 1.807) is 6.33 Å². The van der Waals surface area contributed by atoms with Gasteiger partial charge in [0.25, 0.3) is 0 Å². The number of nitrogens with one attached hydrogen (secondary N) is 1.